The Morgan fingerprint density at radius 1 is 0.875 bits per heavy atom. The summed E-state index contributed by atoms with van der Waals surface area (Å²) in [5, 5.41) is 0. The van der Waals surface area contributed by atoms with Gasteiger partial charge in [0.2, 0.25) is 0 Å². The molecule has 4 rings (SSSR count). The molecule has 4 heteroatoms. The van der Waals surface area contributed by atoms with Gasteiger partial charge in [0.1, 0.15) is 30.5 Å². The van der Waals surface area contributed by atoms with Gasteiger partial charge in [0, 0.05) is 0 Å². The maximum absolute atomic E-state index is 6.31. The fraction of sp³-hybridized carbons (Fsp3) is 0.321. The van der Waals surface area contributed by atoms with Crippen LogP contribution in [-0.4, -0.2) is 16.2 Å². The maximum Gasteiger partial charge on any atom is 0.148 e. The molecule has 4 aromatic rings. The second kappa shape index (κ2) is 9.47. The third kappa shape index (κ3) is 4.64. The van der Waals surface area contributed by atoms with Gasteiger partial charge in [0.15, 0.2) is 0 Å². The summed E-state index contributed by atoms with van der Waals surface area (Å²) in [5.74, 6) is 3.21. The molecule has 0 N–H and O–H groups in total. The Morgan fingerprint density at radius 2 is 1.62 bits per heavy atom. The van der Waals surface area contributed by atoms with Crippen LogP contribution in [0.3, 0.4) is 0 Å². The van der Waals surface area contributed by atoms with Crippen molar-refractivity contribution in [2.45, 2.75) is 53.7 Å². The highest BCUT2D eigenvalue weighted by Crippen LogP contribution is 2.29. The molecule has 3 aromatic carbocycles. The Balaban J connectivity index is 1.56. The van der Waals surface area contributed by atoms with Crippen LogP contribution in [0.5, 0.6) is 11.5 Å². The standard InChI is InChI=1S/C28H32N2O2/c1-19(2)23-14-13-20(3)17-26(23)32-18-27-29-24-11-6-7-12-25(24)30(27)15-16-31-28-21(4)9-8-10-22(28)5/h6-14,17,19H,15-16,18H2,1-5H3. The lowest BCUT2D eigenvalue weighted by Crippen LogP contribution is -2.14. The Labute approximate surface area is 190 Å². The first kappa shape index (κ1) is 21.9. The van der Waals surface area contributed by atoms with Crippen molar-refractivity contribution >= 4 is 11.0 Å². The lowest BCUT2D eigenvalue weighted by Gasteiger charge is -2.16. The smallest absolute Gasteiger partial charge is 0.148 e. The zero-order chi connectivity index (χ0) is 22.7. The van der Waals surface area contributed by atoms with Crippen molar-refractivity contribution in [2.75, 3.05) is 6.61 Å². The van der Waals surface area contributed by atoms with Crippen LogP contribution in [0, 0.1) is 20.8 Å². The van der Waals surface area contributed by atoms with Gasteiger partial charge in [-0.2, -0.15) is 0 Å². The molecule has 166 valence electrons. The number of nitrogens with zero attached hydrogens (tertiary/aromatic N) is 2. The zero-order valence-corrected chi connectivity index (χ0v) is 19.7. The third-order valence-electron chi connectivity index (χ3n) is 5.85. The molecule has 0 unspecified atom stereocenters. The summed E-state index contributed by atoms with van der Waals surface area (Å²) in [6.07, 6.45) is 0. The first-order valence-electron chi connectivity index (χ1n) is 11.3. The van der Waals surface area contributed by atoms with Crippen molar-refractivity contribution in [3.63, 3.8) is 0 Å². The van der Waals surface area contributed by atoms with Gasteiger partial charge in [0.25, 0.3) is 0 Å². The number of aryl methyl sites for hydroxylation is 3. The Bertz CT molecular complexity index is 1200. The van der Waals surface area contributed by atoms with Crippen LogP contribution in [0.15, 0.2) is 60.7 Å². The summed E-state index contributed by atoms with van der Waals surface area (Å²) in [7, 11) is 0. The summed E-state index contributed by atoms with van der Waals surface area (Å²) in [6.45, 7) is 12.3. The number of benzene rings is 3. The van der Waals surface area contributed by atoms with Gasteiger partial charge in [0.05, 0.1) is 17.6 Å². The Hall–Kier alpha value is -3.27. The van der Waals surface area contributed by atoms with Crippen LogP contribution < -0.4 is 9.47 Å². The molecule has 0 aliphatic carbocycles. The lowest BCUT2D eigenvalue weighted by atomic mass is 10.0. The van der Waals surface area contributed by atoms with Gasteiger partial charge in [-0.05, 0) is 67.1 Å². The summed E-state index contributed by atoms with van der Waals surface area (Å²) in [5.41, 5.74) is 6.81. The van der Waals surface area contributed by atoms with E-state index in [1.54, 1.807) is 0 Å². The molecule has 0 radical (unpaired) electrons. The molecule has 4 nitrogen and oxygen atoms in total. The number of rotatable bonds is 8. The number of imidazole rings is 1. The number of hydrogen-bond acceptors (Lipinski definition) is 3. The number of hydrogen-bond donors (Lipinski definition) is 0. The molecular weight excluding hydrogens is 396 g/mol. The molecular formula is C28H32N2O2. The molecule has 0 aliphatic heterocycles. The largest absolute Gasteiger partial charge is 0.491 e. The van der Waals surface area contributed by atoms with Crippen LogP contribution in [0.1, 0.15) is 47.8 Å². The van der Waals surface area contributed by atoms with Crippen LogP contribution in [0.25, 0.3) is 11.0 Å². The van der Waals surface area contributed by atoms with Gasteiger partial charge < -0.3 is 14.0 Å². The molecule has 0 fully saturated rings. The van der Waals surface area contributed by atoms with E-state index in [0.29, 0.717) is 25.7 Å². The SMILES string of the molecule is Cc1ccc(C(C)C)c(OCc2nc3ccccc3n2CCOc2c(C)cccc2C)c1. The first-order valence-corrected chi connectivity index (χ1v) is 11.3. The average Bonchev–Trinajstić information content (AvgIpc) is 3.11. The first-order chi connectivity index (χ1) is 15.4. The summed E-state index contributed by atoms with van der Waals surface area (Å²) >= 11 is 0. The fourth-order valence-corrected chi connectivity index (χ4v) is 4.14. The summed E-state index contributed by atoms with van der Waals surface area (Å²) < 4.78 is 14.7. The van der Waals surface area contributed by atoms with Gasteiger partial charge >= 0.3 is 0 Å². The lowest BCUT2D eigenvalue weighted by molar-refractivity contribution is 0.269. The van der Waals surface area contributed by atoms with Crippen LogP contribution in [0.2, 0.25) is 0 Å². The van der Waals surface area contributed by atoms with E-state index in [1.165, 1.54) is 11.1 Å². The minimum atomic E-state index is 0.398. The molecule has 0 saturated carbocycles. The van der Waals surface area contributed by atoms with Gasteiger partial charge in [-0.25, -0.2) is 4.98 Å². The third-order valence-corrected chi connectivity index (χ3v) is 5.85. The Kier molecular flexibility index (Phi) is 6.50. The molecule has 0 bridgehead atoms. The van der Waals surface area contributed by atoms with E-state index < -0.39 is 0 Å². The minimum Gasteiger partial charge on any atom is -0.491 e. The maximum atomic E-state index is 6.31. The molecule has 0 atom stereocenters. The average molecular weight is 429 g/mol. The van der Waals surface area contributed by atoms with E-state index in [9.17, 15) is 0 Å². The number of para-hydroxylation sites is 3. The summed E-state index contributed by atoms with van der Waals surface area (Å²) in [4.78, 5) is 4.87. The van der Waals surface area contributed by atoms with Crippen molar-refractivity contribution in [3.05, 3.63) is 88.7 Å². The number of aromatic nitrogens is 2. The second-order valence-corrected chi connectivity index (χ2v) is 8.72. The molecule has 0 spiro atoms. The fourth-order valence-electron chi connectivity index (χ4n) is 4.14. The molecule has 0 saturated heterocycles. The number of ether oxygens (including phenoxy) is 2. The van der Waals surface area contributed by atoms with Crippen LogP contribution in [0.4, 0.5) is 0 Å². The quantitative estimate of drug-likeness (QED) is 0.312. The molecule has 1 aromatic heterocycles. The van der Waals surface area contributed by atoms with Gasteiger partial charge in [-0.15, -0.1) is 0 Å². The monoisotopic (exact) mass is 428 g/mol. The molecule has 1 heterocycles. The highest BCUT2D eigenvalue weighted by molar-refractivity contribution is 5.75. The summed E-state index contributed by atoms with van der Waals surface area (Å²) in [6, 6.07) is 20.9. The van der Waals surface area contributed by atoms with E-state index >= 15 is 0 Å². The Morgan fingerprint density at radius 3 is 2.38 bits per heavy atom. The molecule has 0 amide bonds. The van der Waals surface area contributed by atoms with E-state index in [1.807, 2.05) is 12.1 Å². The van der Waals surface area contributed by atoms with Crippen molar-refractivity contribution in [1.29, 1.82) is 0 Å². The van der Waals surface area contributed by atoms with E-state index in [2.05, 4.69) is 87.7 Å². The molecule has 0 aliphatic rings. The van der Waals surface area contributed by atoms with Crippen molar-refractivity contribution in [1.82, 2.24) is 9.55 Å². The van der Waals surface area contributed by atoms with Gasteiger partial charge in [-0.1, -0.05) is 56.3 Å². The highest BCUT2D eigenvalue weighted by Gasteiger charge is 2.14. The van der Waals surface area contributed by atoms with Crippen LogP contribution >= 0.6 is 0 Å². The van der Waals surface area contributed by atoms with Crippen molar-refractivity contribution < 1.29 is 9.47 Å². The molecule has 32 heavy (non-hydrogen) atoms. The topological polar surface area (TPSA) is 36.3 Å². The highest BCUT2D eigenvalue weighted by atomic mass is 16.5. The minimum absolute atomic E-state index is 0.398. The van der Waals surface area contributed by atoms with E-state index in [0.717, 1.165) is 39.5 Å². The van der Waals surface area contributed by atoms with Crippen molar-refractivity contribution in [3.8, 4) is 11.5 Å². The normalized spacial score (nSPS) is 11.3. The predicted molar refractivity (Wildman–Crippen MR) is 131 cm³/mol. The van der Waals surface area contributed by atoms with Crippen LogP contribution in [-0.2, 0) is 13.2 Å². The van der Waals surface area contributed by atoms with E-state index in [-0.39, 0.29) is 0 Å². The van der Waals surface area contributed by atoms with Gasteiger partial charge in [-0.3, -0.25) is 0 Å². The predicted octanol–water partition coefficient (Wildman–Crippen LogP) is 6.74. The zero-order valence-electron chi connectivity index (χ0n) is 19.7. The second-order valence-electron chi connectivity index (χ2n) is 8.72. The van der Waals surface area contributed by atoms with Crippen molar-refractivity contribution in [2.24, 2.45) is 0 Å². The van der Waals surface area contributed by atoms with E-state index in [4.69, 9.17) is 14.5 Å². The number of fused-ring (bicyclic) bond motifs is 1.